The number of aromatic nitrogens is 1. The average molecular weight is 287 g/mol. The Balaban J connectivity index is 1.76. The van der Waals surface area contributed by atoms with Crippen LogP contribution in [-0.2, 0) is 0 Å². The normalized spacial score (nSPS) is 20.4. The van der Waals surface area contributed by atoms with Crippen molar-refractivity contribution in [2.24, 2.45) is 5.73 Å². The predicted molar refractivity (Wildman–Crippen MR) is 85.5 cm³/mol. The van der Waals surface area contributed by atoms with Crippen molar-refractivity contribution in [2.45, 2.75) is 32.2 Å². The van der Waals surface area contributed by atoms with Crippen LogP contribution in [-0.4, -0.2) is 18.1 Å². The van der Waals surface area contributed by atoms with Gasteiger partial charge in [0.2, 0.25) is 0 Å². The number of aryl methyl sites for hydroxylation is 1. The number of hydrogen-bond donors (Lipinski definition) is 1. The molecule has 0 bridgehead atoms. The summed E-state index contributed by atoms with van der Waals surface area (Å²) in [7, 11) is 0. The molecular weight excluding hydrogens is 266 g/mol. The second-order valence-corrected chi connectivity index (χ2v) is 6.59. The monoisotopic (exact) mass is 287 g/mol. The van der Waals surface area contributed by atoms with E-state index >= 15 is 0 Å². The van der Waals surface area contributed by atoms with Gasteiger partial charge in [0.1, 0.15) is 0 Å². The lowest BCUT2D eigenvalue weighted by molar-refractivity contribution is 0.775. The summed E-state index contributed by atoms with van der Waals surface area (Å²) in [5.74, 6) is 0.624. The molecule has 1 fully saturated rings. The van der Waals surface area contributed by atoms with E-state index in [0.717, 1.165) is 23.9 Å². The van der Waals surface area contributed by atoms with Crippen LogP contribution in [0.25, 0.3) is 0 Å². The molecule has 3 nitrogen and oxygen atoms in total. The van der Waals surface area contributed by atoms with Gasteiger partial charge in [-0.2, -0.15) is 0 Å². The molecule has 1 aromatic carbocycles. The summed E-state index contributed by atoms with van der Waals surface area (Å²) in [6.45, 7) is 6.24. The highest BCUT2D eigenvalue weighted by Gasteiger charge is 2.26. The number of benzene rings is 1. The Morgan fingerprint density at radius 3 is 2.75 bits per heavy atom. The minimum atomic E-state index is 0.0776. The second kappa shape index (κ2) is 5.54. The van der Waals surface area contributed by atoms with Gasteiger partial charge in [-0.05, 0) is 25.8 Å². The minimum Gasteiger partial charge on any atom is -0.347 e. The molecule has 0 radical (unpaired) electrons. The highest BCUT2D eigenvalue weighted by molar-refractivity contribution is 7.15. The Bertz CT molecular complexity index is 577. The van der Waals surface area contributed by atoms with Gasteiger partial charge < -0.3 is 10.6 Å². The first-order chi connectivity index (χ1) is 9.65. The zero-order valence-corrected chi connectivity index (χ0v) is 12.9. The first-order valence-corrected chi connectivity index (χ1v) is 7.99. The quantitative estimate of drug-likeness (QED) is 0.940. The molecular formula is C16H21N3S. The van der Waals surface area contributed by atoms with E-state index in [-0.39, 0.29) is 6.04 Å². The lowest BCUT2D eigenvalue weighted by Gasteiger charge is -2.15. The van der Waals surface area contributed by atoms with Crippen LogP contribution in [0.5, 0.6) is 0 Å². The number of rotatable bonds is 3. The van der Waals surface area contributed by atoms with Crippen molar-refractivity contribution in [3.63, 3.8) is 0 Å². The molecule has 2 atom stereocenters. The van der Waals surface area contributed by atoms with E-state index in [1.807, 2.05) is 6.92 Å². The SMILES string of the molecule is Cc1nc(N2CCC(c3ccccc3)C2)sc1C(C)N. The van der Waals surface area contributed by atoms with E-state index < -0.39 is 0 Å². The Kier molecular flexibility index (Phi) is 3.76. The van der Waals surface area contributed by atoms with Crippen molar-refractivity contribution in [3.8, 4) is 0 Å². The third-order valence-electron chi connectivity index (χ3n) is 3.96. The summed E-state index contributed by atoms with van der Waals surface area (Å²) >= 11 is 1.75. The van der Waals surface area contributed by atoms with Crippen LogP contribution in [0.15, 0.2) is 30.3 Å². The molecule has 2 heterocycles. The van der Waals surface area contributed by atoms with Crippen LogP contribution in [0.4, 0.5) is 5.13 Å². The maximum atomic E-state index is 6.00. The van der Waals surface area contributed by atoms with Gasteiger partial charge in [0.15, 0.2) is 5.13 Å². The van der Waals surface area contributed by atoms with Crippen LogP contribution < -0.4 is 10.6 Å². The summed E-state index contributed by atoms with van der Waals surface area (Å²) in [5.41, 5.74) is 8.52. The molecule has 1 saturated heterocycles. The molecule has 0 spiro atoms. The largest absolute Gasteiger partial charge is 0.347 e. The van der Waals surface area contributed by atoms with E-state index in [9.17, 15) is 0 Å². The molecule has 1 aromatic heterocycles. The Morgan fingerprint density at radius 1 is 1.35 bits per heavy atom. The zero-order chi connectivity index (χ0) is 14.1. The summed E-state index contributed by atoms with van der Waals surface area (Å²) in [6, 6.07) is 10.9. The molecule has 106 valence electrons. The molecule has 20 heavy (non-hydrogen) atoms. The van der Waals surface area contributed by atoms with Crippen molar-refractivity contribution in [1.29, 1.82) is 0 Å². The van der Waals surface area contributed by atoms with Gasteiger partial charge in [-0.3, -0.25) is 0 Å². The van der Waals surface area contributed by atoms with Crippen molar-refractivity contribution in [3.05, 3.63) is 46.5 Å². The van der Waals surface area contributed by atoms with Gasteiger partial charge in [0.25, 0.3) is 0 Å². The van der Waals surface area contributed by atoms with E-state index in [4.69, 9.17) is 10.7 Å². The summed E-state index contributed by atoms with van der Waals surface area (Å²) in [4.78, 5) is 8.32. The van der Waals surface area contributed by atoms with Crippen molar-refractivity contribution in [2.75, 3.05) is 18.0 Å². The standard InChI is InChI=1S/C16H21N3S/c1-11(17)15-12(2)18-16(20-15)19-9-8-14(10-19)13-6-4-3-5-7-13/h3-7,11,14H,8-10,17H2,1-2H3. The molecule has 3 rings (SSSR count). The fourth-order valence-electron chi connectivity index (χ4n) is 2.88. The molecule has 4 heteroatoms. The lowest BCUT2D eigenvalue weighted by Crippen LogP contribution is -2.18. The maximum Gasteiger partial charge on any atom is 0.185 e. The fraction of sp³-hybridized carbons (Fsp3) is 0.438. The number of anilines is 1. The van der Waals surface area contributed by atoms with E-state index in [1.165, 1.54) is 16.9 Å². The van der Waals surface area contributed by atoms with Gasteiger partial charge in [-0.25, -0.2) is 4.98 Å². The highest BCUT2D eigenvalue weighted by atomic mass is 32.1. The topological polar surface area (TPSA) is 42.2 Å². The van der Waals surface area contributed by atoms with E-state index in [0.29, 0.717) is 5.92 Å². The van der Waals surface area contributed by atoms with Crippen LogP contribution >= 0.6 is 11.3 Å². The van der Waals surface area contributed by atoms with Crippen molar-refractivity contribution in [1.82, 2.24) is 4.98 Å². The molecule has 2 aromatic rings. The number of nitrogens with zero attached hydrogens (tertiary/aromatic N) is 2. The number of nitrogens with two attached hydrogens (primary N) is 1. The first kappa shape index (κ1) is 13.6. The predicted octanol–water partition coefficient (Wildman–Crippen LogP) is 3.47. The highest BCUT2D eigenvalue weighted by Crippen LogP contribution is 2.35. The Labute approximate surface area is 124 Å². The summed E-state index contributed by atoms with van der Waals surface area (Å²) in [5, 5.41) is 1.13. The molecule has 2 unspecified atom stereocenters. The third-order valence-corrected chi connectivity index (χ3v) is 5.38. The summed E-state index contributed by atoms with van der Waals surface area (Å²) < 4.78 is 0. The fourth-order valence-corrected chi connectivity index (χ4v) is 3.94. The maximum absolute atomic E-state index is 6.00. The zero-order valence-electron chi connectivity index (χ0n) is 12.0. The van der Waals surface area contributed by atoms with Gasteiger partial charge in [0, 0.05) is 29.9 Å². The van der Waals surface area contributed by atoms with Crippen LogP contribution in [0.3, 0.4) is 0 Å². The van der Waals surface area contributed by atoms with Crippen LogP contribution in [0.1, 0.15) is 41.4 Å². The molecule has 1 aliphatic rings. The first-order valence-electron chi connectivity index (χ1n) is 7.18. The van der Waals surface area contributed by atoms with Gasteiger partial charge in [-0.15, -0.1) is 11.3 Å². The van der Waals surface area contributed by atoms with Gasteiger partial charge in [0.05, 0.1) is 5.69 Å². The van der Waals surface area contributed by atoms with Crippen LogP contribution in [0, 0.1) is 6.92 Å². The molecule has 0 amide bonds. The Morgan fingerprint density at radius 2 is 2.10 bits per heavy atom. The lowest BCUT2D eigenvalue weighted by atomic mass is 9.99. The smallest absolute Gasteiger partial charge is 0.185 e. The minimum absolute atomic E-state index is 0.0776. The molecule has 0 saturated carbocycles. The van der Waals surface area contributed by atoms with E-state index in [1.54, 1.807) is 11.3 Å². The average Bonchev–Trinajstić information content (AvgIpc) is 3.06. The molecule has 1 aliphatic heterocycles. The van der Waals surface area contributed by atoms with Crippen molar-refractivity contribution < 1.29 is 0 Å². The molecule has 2 N–H and O–H groups in total. The van der Waals surface area contributed by atoms with Gasteiger partial charge in [-0.1, -0.05) is 30.3 Å². The summed E-state index contributed by atoms with van der Waals surface area (Å²) in [6.07, 6.45) is 1.20. The number of thiazole rings is 1. The van der Waals surface area contributed by atoms with Crippen molar-refractivity contribution >= 4 is 16.5 Å². The second-order valence-electron chi connectivity index (χ2n) is 5.58. The third kappa shape index (κ3) is 2.58. The van der Waals surface area contributed by atoms with Crippen LogP contribution in [0.2, 0.25) is 0 Å². The van der Waals surface area contributed by atoms with Gasteiger partial charge >= 0.3 is 0 Å². The Hall–Kier alpha value is -1.39. The molecule has 0 aliphatic carbocycles. The number of hydrogen-bond acceptors (Lipinski definition) is 4. The van der Waals surface area contributed by atoms with E-state index in [2.05, 4.69) is 42.2 Å².